The van der Waals surface area contributed by atoms with Crippen molar-refractivity contribution in [2.45, 2.75) is 45.2 Å². The van der Waals surface area contributed by atoms with Crippen molar-refractivity contribution >= 4 is 21.7 Å². The maximum absolute atomic E-state index is 4.36. The van der Waals surface area contributed by atoms with Gasteiger partial charge in [-0.25, -0.2) is 9.97 Å². The molecule has 0 radical (unpaired) electrons. The summed E-state index contributed by atoms with van der Waals surface area (Å²) >= 11 is 3.39. The molecule has 1 aromatic heterocycles. The molecule has 3 nitrogen and oxygen atoms in total. The van der Waals surface area contributed by atoms with E-state index in [1.54, 1.807) is 6.33 Å². The number of hydrogen-bond acceptors (Lipinski definition) is 3. The van der Waals surface area contributed by atoms with Gasteiger partial charge in [-0.2, -0.15) is 0 Å². The van der Waals surface area contributed by atoms with Gasteiger partial charge in [0.1, 0.15) is 16.7 Å². The molecule has 15 heavy (non-hydrogen) atoms. The summed E-state index contributed by atoms with van der Waals surface area (Å²) in [5, 5.41) is 0. The van der Waals surface area contributed by atoms with Gasteiger partial charge in [0, 0.05) is 18.2 Å². The average molecular weight is 270 g/mol. The summed E-state index contributed by atoms with van der Waals surface area (Å²) in [7, 11) is 0. The SMILES string of the molecule is CCC1CCC(C)N1c1cc(Br)ncn1. The van der Waals surface area contributed by atoms with Crippen LogP contribution in [0.1, 0.15) is 33.1 Å². The maximum Gasteiger partial charge on any atom is 0.133 e. The van der Waals surface area contributed by atoms with E-state index < -0.39 is 0 Å². The molecule has 2 rings (SSSR count). The Morgan fingerprint density at radius 2 is 2.27 bits per heavy atom. The Morgan fingerprint density at radius 1 is 1.47 bits per heavy atom. The summed E-state index contributed by atoms with van der Waals surface area (Å²) in [4.78, 5) is 10.8. The maximum atomic E-state index is 4.36. The van der Waals surface area contributed by atoms with E-state index in [1.807, 2.05) is 6.07 Å². The zero-order chi connectivity index (χ0) is 10.8. The molecule has 82 valence electrons. The minimum Gasteiger partial charge on any atom is -0.351 e. The normalized spacial score (nSPS) is 25.9. The number of halogens is 1. The van der Waals surface area contributed by atoms with Crippen LogP contribution in [0.4, 0.5) is 5.82 Å². The van der Waals surface area contributed by atoms with Crippen molar-refractivity contribution in [2.24, 2.45) is 0 Å². The third-order valence-corrected chi connectivity index (χ3v) is 3.57. The standard InChI is InChI=1S/C11H16BrN3/c1-3-9-5-4-8(2)15(9)11-6-10(12)13-7-14-11/h6-9H,3-5H2,1-2H3. The molecule has 0 amide bonds. The Morgan fingerprint density at radius 3 is 2.93 bits per heavy atom. The van der Waals surface area contributed by atoms with Crippen LogP contribution < -0.4 is 4.90 Å². The van der Waals surface area contributed by atoms with Crippen molar-refractivity contribution in [1.82, 2.24) is 9.97 Å². The lowest BCUT2D eigenvalue weighted by Crippen LogP contribution is -2.34. The van der Waals surface area contributed by atoms with Crippen molar-refractivity contribution in [3.05, 3.63) is 17.0 Å². The summed E-state index contributed by atoms with van der Waals surface area (Å²) in [5.74, 6) is 1.05. The molecule has 0 saturated carbocycles. The molecule has 2 atom stereocenters. The Bertz CT molecular complexity index is 342. The minimum absolute atomic E-state index is 0.594. The first-order chi connectivity index (χ1) is 7.22. The van der Waals surface area contributed by atoms with E-state index >= 15 is 0 Å². The lowest BCUT2D eigenvalue weighted by molar-refractivity contribution is 0.620. The van der Waals surface area contributed by atoms with Crippen molar-refractivity contribution in [3.8, 4) is 0 Å². The molecule has 0 aromatic carbocycles. The van der Waals surface area contributed by atoms with Gasteiger partial charge in [-0.1, -0.05) is 6.92 Å². The van der Waals surface area contributed by atoms with Crippen LogP contribution in [0.5, 0.6) is 0 Å². The molecule has 1 aliphatic heterocycles. The van der Waals surface area contributed by atoms with Crippen molar-refractivity contribution < 1.29 is 0 Å². The molecule has 1 fully saturated rings. The highest BCUT2D eigenvalue weighted by atomic mass is 79.9. The highest BCUT2D eigenvalue weighted by Crippen LogP contribution is 2.31. The Kier molecular flexibility index (Phi) is 3.24. The quantitative estimate of drug-likeness (QED) is 0.773. The van der Waals surface area contributed by atoms with Crippen LogP contribution in [0.25, 0.3) is 0 Å². The third-order valence-electron chi connectivity index (χ3n) is 3.14. The fraction of sp³-hybridized carbons (Fsp3) is 0.636. The van der Waals surface area contributed by atoms with E-state index in [2.05, 4.69) is 44.6 Å². The van der Waals surface area contributed by atoms with Gasteiger partial charge in [0.05, 0.1) is 0 Å². The van der Waals surface area contributed by atoms with Crippen molar-refractivity contribution in [1.29, 1.82) is 0 Å². The molecule has 4 heteroatoms. The molecule has 1 saturated heterocycles. The average Bonchev–Trinajstić information content (AvgIpc) is 2.59. The van der Waals surface area contributed by atoms with Crippen LogP contribution in [0.15, 0.2) is 17.0 Å². The van der Waals surface area contributed by atoms with Crippen LogP contribution in [-0.4, -0.2) is 22.1 Å². The van der Waals surface area contributed by atoms with Gasteiger partial charge in [-0.05, 0) is 42.1 Å². The second-order valence-corrected chi connectivity index (χ2v) is 4.91. The van der Waals surface area contributed by atoms with Gasteiger partial charge in [0.25, 0.3) is 0 Å². The summed E-state index contributed by atoms with van der Waals surface area (Å²) in [5.41, 5.74) is 0. The predicted molar refractivity (Wildman–Crippen MR) is 65.0 cm³/mol. The van der Waals surface area contributed by atoms with E-state index in [-0.39, 0.29) is 0 Å². The largest absolute Gasteiger partial charge is 0.351 e. The van der Waals surface area contributed by atoms with Crippen LogP contribution in [0.3, 0.4) is 0 Å². The second-order valence-electron chi connectivity index (χ2n) is 4.09. The molecular weight excluding hydrogens is 254 g/mol. The Balaban J connectivity index is 2.28. The highest BCUT2D eigenvalue weighted by molar-refractivity contribution is 9.10. The molecule has 1 aromatic rings. The number of rotatable bonds is 2. The zero-order valence-electron chi connectivity index (χ0n) is 9.15. The minimum atomic E-state index is 0.594. The topological polar surface area (TPSA) is 29.0 Å². The van der Waals surface area contributed by atoms with Gasteiger partial charge in [0.15, 0.2) is 0 Å². The fourth-order valence-corrected chi connectivity index (χ4v) is 2.65. The first kappa shape index (κ1) is 10.9. The predicted octanol–water partition coefficient (Wildman–Crippen LogP) is 3.01. The lowest BCUT2D eigenvalue weighted by Gasteiger charge is -2.28. The van der Waals surface area contributed by atoms with Gasteiger partial charge >= 0.3 is 0 Å². The zero-order valence-corrected chi connectivity index (χ0v) is 10.7. The molecule has 0 N–H and O–H groups in total. The molecule has 1 aliphatic rings. The van der Waals surface area contributed by atoms with E-state index in [0.29, 0.717) is 12.1 Å². The summed E-state index contributed by atoms with van der Waals surface area (Å²) in [6.45, 7) is 4.51. The number of aromatic nitrogens is 2. The second kappa shape index (κ2) is 4.47. The van der Waals surface area contributed by atoms with E-state index in [0.717, 1.165) is 10.4 Å². The van der Waals surface area contributed by atoms with Crippen LogP contribution in [0.2, 0.25) is 0 Å². The number of anilines is 1. The highest BCUT2D eigenvalue weighted by Gasteiger charge is 2.30. The fourth-order valence-electron chi connectivity index (χ4n) is 2.35. The van der Waals surface area contributed by atoms with Gasteiger partial charge in [-0.3, -0.25) is 0 Å². The molecule has 0 spiro atoms. The third kappa shape index (κ3) is 2.14. The van der Waals surface area contributed by atoms with Crippen LogP contribution >= 0.6 is 15.9 Å². The summed E-state index contributed by atoms with van der Waals surface area (Å²) in [6.07, 6.45) is 5.35. The number of hydrogen-bond donors (Lipinski definition) is 0. The smallest absolute Gasteiger partial charge is 0.133 e. The molecule has 2 unspecified atom stereocenters. The van der Waals surface area contributed by atoms with Gasteiger partial charge < -0.3 is 4.90 Å². The lowest BCUT2D eigenvalue weighted by atomic mass is 10.1. The summed E-state index contributed by atoms with van der Waals surface area (Å²) < 4.78 is 0.862. The van der Waals surface area contributed by atoms with Crippen LogP contribution in [-0.2, 0) is 0 Å². The van der Waals surface area contributed by atoms with E-state index in [9.17, 15) is 0 Å². The summed E-state index contributed by atoms with van der Waals surface area (Å²) in [6, 6.07) is 3.24. The van der Waals surface area contributed by atoms with Crippen molar-refractivity contribution in [2.75, 3.05) is 4.90 Å². The van der Waals surface area contributed by atoms with Gasteiger partial charge in [0.2, 0.25) is 0 Å². The molecular formula is C11H16BrN3. The van der Waals surface area contributed by atoms with Crippen molar-refractivity contribution in [3.63, 3.8) is 0 Å². The molecule has 0 bridgehead atoms. The molecule has 0 aliphatic carbocycles. The van der Waals surface area contributed by atoms with Crippen LogP contribution in [0, 0.1) is 0 Å². The number of nitrogens with zero attached hydrogens (tertiary/aromatic N) is 3. The molecule has 2 heterocycles. The van der Waals surface area contributed by atoms with E-state index in [4.69, 9.17) is 0 Å². The van der Waals surface area contributed by atoms with Gasteiger partial charge in [-0.15, -0.1) is 0 Å². The first-order valence-corrected chi connectivity index (χ1v) is 6.27. The van der Waals surface area contributed by atoms with E-state index in [1.165, 1.54) is 19.3 Å². The Hall–Kier alpha value is -0.640. The Labute approximate surface area is 99.0 Å². The monoisotopic (exact) mass is 269 g/mol. The first-order valence-electron chi connectivity index (χ1n) is 5.48.